The van der Waals surface area contributed by atoms with Gasteiger partial charge in [-0.2, -0.15) is 0 Å². The molecule has 2 N–H and O–H groups in total. The monoisotopic (exact) mass is 519 g/mol. The number of aromatic nitrogens is 3. The molecule has 0 bridgehead atoms. The van der Waals surface area contributed by atoms with Crippen molar-refractivity contribution in [3.8, 4) is 22.3 Å². The zero-order valence-corrected chi connectivity index (χ0v) is 21.5. The number of anilines is 2. The third kappa shape index (κ3) is 6.19. The number of benzene rings is 3. The first-order valence-electron chi connectivity index (χ1n) is 12.3. The normalized spacial score (nSPS) is 10.2. The Morgan fingerprint density at radius 2 is 1.72 bits per heavy atom. The van der Waals surface area contributed by atoms with E-state index in [1.807, 2.05) is 38.1 Å². The van der Waals surface area contributed by atoms with Gasteiger partial charge in [-0.25, -0.2) is 19.3 Å². The van der Waals surface area contributed by atoms with Gasteiger partial charge >= 0.3 is 0 Å². The summed E-state index contributed by atoms with van der Waals surface area (Å²) in [5, 5.41) is 6.12. The van der Waals surface area contributed by atoms with Gasteiger partial charge in [0.1, 0.15) is 18.0 Å². The van der Waals surface area contributed by atoms with Gasteiger partial charge in [0.15, 0.2) is 0 Å². The zero-order valence-electron chi connectivity index (χ0n) is 21.5. The highest BCUT2D eigenvalue weighted by Crippen LogP contribution is 2.35. The third-order valence-electron chi connectivity index (χ3n) is 5.68. The quantitative estimate of drug-likeness (QED) is 0.238. The first kappa shape index (κ1) is 26.8. The molecule has 0 saturated heterocycles. The number of rotatable bonds is 6. The number of pyridine rings is 1. The fourth-order valence-electron chi connectivity index (χ4n) is 3.95. The summed E-state index contributed by atoms with van der Waals surface area (Å²) < 4.78 is 15.3. The van der Waals surface area contributed by atoms with Gasteiger partial charge in [0.25, 0.3) is 5.91 Å². The Morgan fingerprint density at radius 1 is 0.872 bits per heavy atom. The summed E-state index contributed by atoms with van der Waals surface area (Å²) in [7, 11) is 0. The van der Waals surface area contributed by atoms with Crippen LogP contribution in [0.25, 0.3) is 33.2 Å². The Morgan fingerprint density at radius 3 is 2.46 bits per heavy atom. The van der Waals surface area contributed by atoms with Crippen LogP contribution in [0.15, 0.2) is 104 Å². The van der Waals surface area contributed by atoms with Crippen molar-refractivity contribution in [3.63, 3.8) is 0 Å². The van der Waals surface area contributed by atoms with E-state index in [1.54, 1.807) is 54.9 Å². The standard InChI is InChI=1S/C29H20FN5O2.C2H6/c1-2-27(36)34-22-7-5-6-18(13-22)24-14-20(12-21-16-31-17-33-28(21)24)23-10-9-19(15-25(23)30)29(37)35-26-8-3-4-11-32-26;1-2/h2-17H,1H2,(H,34,36)(H,32,35,37);1-2H3. The number of nitrogens with one attached hydrogen (secondary N) is 2. The molecule has 194 valence electrons. The number of halogens is 1. The van der Waals surface area contributed by atoms with Gasteiger partial charge < -0.3 is 10.6 Å². The number of nitrogens with zero attached hydrogens (tertiary/aromatic N) is 3. The van der Waals surface area contributed by atoms with Crippen LogP contribution in [0.3, 0.4) is 0 Å². The minimum absolute atomic E-state index is 0.168. The highest BCUT2D eigenvalue weighted by Gasteiger charge is 2.15. The van der Waals surface area contributed by atoms with Crippen LogP contribution < -0.4 is 10.6 Å². The number of hydrogen-bond donors (Lipinski definition) is 2. The zero-order chi connectivity index (χ0) is 27.8. The average molecular weight is 520 g/mol. The van der Waals surface area contributed by atoms with Crippen molar-refractivity contribution in [2.24, 2.45) is 0 Å². The fourth-order valence-corrected chi connectivity index (χ4v) is 3.95. The molecule has 0 spiro atoms. The van der Waals surface area contributed by atoms with E-state index >= 15 is 4.39 Å². The lowest BCUT2D eigenvalue weighted by molar-refractivity contribution is -0.111. The highest BCUT2D eigenvalue weighted by atomic mass is 19.1. The second kappa shape index (κ2) is 12.3. The Kier molecular flexibility index (Phi) is 8.48. The molecule has 0 fully saturated rings. The Hall–Kier alpha value is -5.24. The van der Waals surface area contributed by atoms with E-state index in [4.69, 9.17) is 0 Å². The summed E-state index contributed by atoms with van der Waals surface area (Å²) in [4.78, 5) is 37.0. The first-order valence-corrected chi connectivity index (χ1v) is 12.3. The van der Waals surface area contributed by atoms with Gasteiger partial charge in [-0.15, -0.1) is 0 Å². The molecule has 2 amide bonds. The molecule has 5 aromatic rings. The van der Waals surface area contributed by atoms with E-state index in [1.165, 1.54) is 18.5 Å². The molecule has 2 heterocycles. The number of carbonyl (C=O) groups excluding carboxylic acids is 2. The number of fused-ring (bicyclic) bond motifs is 1. The molecule has 7 nitrogen and oxygen atoms in total. The SMILES string of the molecule is C=CC(=O)Nc1cccc(-c2cc(-c3ccc(C(=O)Nc4ccccn4)cc3F)cc3cncnc23)c1.CC. The third-order valence-corrected chi connectivity index (χ3v) is 5.68. The van der Waals surface area contributed by atoms with Gasteiger partial charge in [0, 0.05) is 40.2 Å². The summed E-state index contributed by atoms with van der Waals surface area (Å²) >= 11 is 0. The van der Waals surface area contributed by atoms with E-state index in [0.717, 1.165) is 11.1 Å². The molecular formula is C31H26FN5O2. The van der Waals surface area contributed by atoms with Crippen LogP contribution in [-0.2, 0) is 4.79 Å². The van der Waals surface area contributed by atoms with E-state index in [9.17, 15) is 9.59 Å². The second-order valence-corrected chi connectivity index (χ2v) is 8.12. The lowest BCUT2D eigenvalue weighted by Gasteiger charge is -2.13. The van der Waals surface area contributed by atoms with Crippen molar-refractivity contribution in [2.75, 3.05) is 10.6 Å². The van der Waals surface area contributed by atoms with E-state index in [2.05, 4.69) is 32.2 Å². The van der Waals surface area contributed by atoms with E-state index in [0.29, 0.717) is 33.5 Å². The first-order chi connectivity index (χ1) is 19.0. The molecule has 8 heteroatoms. The van der Waals surface area contributed by atoms with Crippen molar-refractivity contribution in [2.45, 2.75) is 13.8 Å². The largest absolute Gasteiger partial charge is 0.323 e. The predicted molar refractivity (Wildman–Crippen MR) is 153 cm³/mol. The van der Waals surface area contributed by atoms with Crippen LogP contribution in [0.1, 0.15) is 24.2 Å². The van der Waals surface area contributed by atoms with Crippen LogP contribution in [0.5, 0.6) is 0 Å². The van der Waals surface area contributed by atoms with Crippen molar-refractivity contribution >= 4 is 34.2 Å². The molecule has 0 aliphatic rings. The molecule has 0 saturated carbocycles. The van der Waals surface area contributed by atoms with Gasteiger partial charge in [-0.3, -0.25) is 9.59 Å². The van der Waals surface area contributed by atoms with Gasteiger partial charge in [0.2, 0.25) is 5.91 Å². The molecule has 5 rings (SSSR count). The van der Waals surface area contributed by atoms with Crippen molar-refractivity contribution < 1.29 is 14.0 Å². The van der Waals surface area contributed by atoms with Crippen molar-refractivity contribution in [1.29, 1.82) is 0 Å². The molecule has 3 aromatic carbocycles. The van der Waals surface area contributed by atoms with Crippen LogP contribution in [-0.4, -0.2) is 26.8 Å². The summed E-state index contributed by atoms with van der Waals surface area (Å²) in [6, 6.07) is 20.4. The Labute approximate surface area is 225 Å². The maximum Gasteiger partial charge on any atom is 0.256 e. The summed E-state index contributed by atoms with van der Waals surface area (Å²) in [5.41, 5.74) is 3.86. The van der Waals surface area contributed by atoms with Crippen LogP contribution in [0.4, 0.5) is 15.9 Å². The van der Waals surface area contributed by atoms with Crippen LogP contribution in [0.2, 0.25) is 0 Å². The Bertz CT molecular complexity index is 1650. The molecule has 0 unspecified atom stereocenters. The van der Waals surface area contributed by atoms with E-state index in [-0.39, 0.29) is 11.5 Å². The number of hydrogen-bond acceptors (Lipinski definition) is 5. The Balaban J connectivity index is 0.00000172. The molecule has 39 heavy (non-hydrogen) atoms. The van der Waals surface area contributed by atoms with Crippen LogP contribution in [0, 0.1) is 5.82 Å². The molecule has 0 aliphatic carbocycles. The minimum Gasteiger partial charge on any atom is -0.323 e. The molecule has 0 atom stereocenters. The lowest BCUT2D eigenvalue weighted by Crippen LogP contribution is -2.13. The predicted octanol–water partition coefficient (Wildman–Crippen LogP) is 6.90. The average Bonchev–Trinajstić information content (AvgIpc) is 2.98. The minimum atomic E-state index is -0.553. The number of amides is 2. The van der Waals surface area contributed by atoms with Crippen molar-refractivity contribution in [1.82, 2.24) is 15.0 Å². The lowest BCUT2D eigenvalue weighted by atomic mass is 9.95. The van der Waals surface area contributed by atoms with Crippen LogP contribution >= 0.6 is 0 Å². The highest BCUT2D eigenvalue weighted by molar-refractivity contribution is 6.04. The molecule has 0 radical (unpaired) electrons. The topological polar surface area (TPSA) is 96.9 Å². The summed E-state index contributed by atoms with van der Waals surface area (Å²) in [6.07, 6.45) is 5.86. The summed E-state index contributed by atoms with van der Waals surface area (Å²) in [6.45, 7) is 7.48. The van der Waals surface area contributed by atoms with Gasteiger partial charge in [-0.05, 0) is 65.7 Å². The van der Waals surface area contributed by atoms with Gasteiger partial charge in [-0.1, -0.05) is 44.7 Å². The van der Waals surface area contributed by atoms with E-state index < -0.39 is 11.7 Å². The molecule has 2 aromatic heterocycles. The van der Waals surface area contributed by atoms with Crippen molar-refractivity contribution in [3.05, 3.63) is 116 Å². The maximum atomic E-state index is 15.3. The maximum absolute atomic E-state index is 15.3. The molecular weight excluding hydrogens is 493 g/mol. The van der Waals surface area contributed by atoms with Gasteiger partial charge in [0.05, 0.1) is 5.52 Å². The molecule has 0 aliphatic heterocycles. The smallest absolute Gasteiger partial charge is 0.256 e. The number of carbonyl (C=O) groups is 2. The second-order valence-electron chi connectivity index (χ2n) is 8.12. The summed E-state index contributed by atoms with van der Waals surface area (Å²) in [5.74, 6) is -0.965. The fraction of sp³-hybridized carbons (Fsp3) is 0.0645.